The maximum Gasteiger partial charge on any atom is 0.328 e. The maximum atomic E-state index is 12.0. The number of esters is 2. The highest BCUT2D eigenvalue weighted by atomic mass is 16.5. The number of nitrogens with zero attached hydrogens (tertiary/aromatic N) is 1. The fourth-order valence-electron chi connectivity index (χ4n) is 2.81. The van der Waals surface area contributed by atoms with Gasteiger partial charge in [-0.15, -0.1) is 0 Å². The molecule has 1 aliphatic carbocycles. The summed E-state index contributed by atoms with van der Waals surface area (Å²) in [7, 11) is 0. The lowest BCUT2D eigenvalue weighted by molar-refractivity contribution is -0.145. The van der Waals surface area contributed by atoms with Crippen molar-refractivity contribution in [3.05, 3.63) is 32.6 Å². The average Bonchev–Trinajstić information content (AvgIpc) is 3.19. The maximum absolute atomic E-state index is 12.0. The highest BCUT2D eigenvalue weighted by molar-refractivity contribution is 5.66. The summed E-state index contributed by atoms with van der Waals surface area (Å²) in [6, 6.07) is 0. The lowest BCUT2D eigenvalue weighted by atomic mass is 10.1. The summed E-state index contributed by atoms with van der Waals surface area (Å²) < 4.78 is 11.6. The van der Waals surface area contributed by atoms with Gasteiger partial charge in [0.2, 0.25) is 0 Å². The van der Waals surface area contributed by atoms with Gasteiger partial charge in [-0.05, 0) is 12.8 Å². The van der Waals surface area contributed by atoms with E-state index in [1.165, 1.54) is 24.6 Å². The number of aromatic nitrogens is 2. The van der Waals surface area contributed by atoms with Crippen LogP contribution in [0.25, 0.3) is 0 Å². The van der Waals surface area contributed by atoms with Crippen molar-refractivity contribution < 1.29 is 19.1 Å². The number of aryl methyl sites for hydroxylation is 1. The first-order chi connectivity index (χ1) is 11.3. The minimum absolute atomic E-state index is 0.00431. The molecule has 1 aliphatic rings. The van der Waals surface area contributed by atoms with Crippen molar-refractivity contribution in [1.82, 2.24) is 9.55 Å². The predicted molar refractivity (Wildman–Crippen MR) is 84.5 cm³/mol. The summed E-state index contributed by atoms with van der Waals surface area (Å²) in [6.07, 6.45) is 2.71. The number of ether oxygens (including phenoxy) is 2. The molecule has 0 aromatic carbocycles. The van der Waals surface area contributed by atoms with Crippen LogP contribution in [0.4, 0.5) is 0 Å². The molecule has 2 unspecified atom stereocenters. The molecule has 0 saturated heterocycles. The van der Waals surface area contributed by atoms with Gasteiger partial charge in [0.05, 0.1) is 13.2 Å². The molecule has 0 aliphatic heterocycles. The van der Waals surface area contributed by atoms with E-state index in [2.05, 4.69) is 4.98 Å². The molecule has 1 N–H and O–H groups in total. The van der Waals surface area contributed by atoms with Crippen molar-refractivity contribution in [3.63, 3.8) is 0 Å². The number of nitrogens with one attached hydrogen (secondary N) is 1. The predicted octanol–water partition coefficient (Wildman–Crippen LogP) is 0.232. The number of carbonyl (C=O) groups is 2. The Morgan fingerprint density at radius 1 is 1.29 bits per heavy atom. The van der Waals surface area contributed by atoms with E-state index < -0.39 is 17.1 Å². The second kappa shape index (κ2) is 7.02. The van der Waals surface area contributed by atoms with E-state index in [4.69, 9.17) is 9.47 Å². The van der Waals surface area contributed by atoms with Crippen molar-refractivity contribution >= 4 is 11.9 Å². The van der Waals surface area contributed by atoms with Crippen LogP contribution < -0.4 is 11.2 Å². The molecule has 132 valence electrons. The Hall–Kier alpha value is -2.38. The molecule has 0 amide bonds. The first kappa shape index (κ1) is 18.0. The summed E-state index contributed by atoms with van der Waals surface area (Å²) in [5.41, 5.74) is -0.846. The standard InChI is InChI=1S/C16H22N2O6/c1-4-12-6-18(15(22)17-14(12)21)8-16(9-24-11(3)20)5-13(16)7-23-10(2)19/h6,13H,4-5,7-9H2,1-3H3,(H,17,21,22). The van der Waals surface area contributed by atoms with Gasteiger partial charge >= 0.3 is 17.6 Å². The Labute approximate surface area is 138 Å². The van der Waals surface area contributed by atoms with Crippen LogP contribution in [0.15, 0.2) is 15.8 Å². The van der Waals surface area contributed by atoms with Gasteiger partial charge in [0.1, 0.15) is 0 Å². The Bertz CT molecular complexity index is 750. The fraction of sp³-hybridized carbons (Fsp3) is 0.625. The minimum atomic E-state index is -0.502. The number of H-pyrrole nitrogens is 1. The van der Waals surface area contributed by atoms with E-state index in [1.54, 1.807) is 0 Å². The largest absolute Gasteiger partial charge is 0.466 e. The third-order valence-electron chi connectivity index (χ3n) is 4.36. The van der Waals surface area contributed by atoms with Gasteiger partial charge in [-0.3, -0.25) is 23.9 Å². The van der Waals surface area contributed by atoms with E-state index in [0.29, 0.717) is 18.4 Å². The van der Waals surface area contributed by atoms with E-state index in [1.807, 2.05) is 6.92 Å². The lowest BCUT2D eigenvalue weighted by Gasteiger charge is -2.19. The molecule has 2 rings (SSSR count). The van der Waals surface area contributed by atoms with Gasteiger partial charge in [-0.25, -0.2) is 4.79 Å². The second-order valence-corrected chi connectivity index (χ2v) is 6.24. The summed E-state index contributed by atoms with van der Waals surface area (Å²) in [5, 5.41) is 0. The first-order valence-electron chi connectivity index (χ1n) is 7.87. The number of carbonyl (C=O) groups excluding carboxylic acids is 2. The number of aromatic amines is 1. The first-order valence-corrected chi connectivity index (χ1v) is 7.87. The minimum Gasteiger partial charge on any atom is -0.466 e. The molecule has 1 aromatic rings. The Kier molecular flexibility index (Phi) is 5.26. The molecule has 0 spiro atoms. The van der Waals surface area contributed by atoms with Crippen LogP contribution in [0.2, 0.25) is 0 Å². The van der Waals surface area contributed by atoms with Crippen LogP contribution in [0.3, 0.4) is 0 Å². The smallest absolute Gasteiger partial charge is 0.328 e. The SMILES string of the molecule is CCc1cn(CC2(COC(C)=O)CC2COC(C)=O)c(=O)[nH]c1=O. The Balaban J connectivity index is 2.20. The molecule has 1 heterocycles. The summed E-state index contributed by atoms with van der Waals surface area (Å²) in [5.74, 6) is -0.780. The lowest BCUT2D eigenvalue weighted by Crippen LogP contribution is -2.35. The van der Waals surface area contributed by atoms with Gasteiger partial charge in [-0.2, -0.15) is 0 Å². The van der Waals surface area contributed by atoms with Crippen LogP contribution in [0, 0.1) is 11.3 Å². The molecule has 8 heteroatoms. The van der Waals surface area contributed by atoms with Crippen LogP contribution in [-0.4, -0.2) is 34.7 Å². The van der Waals surface area contributed by atoms with E-state index in [-0.39, 0.29) is 37.2 Å². The van der Waals surface area contributed by atoms with Gasteiger partial charge < -0.3 is 9.47 Å². The zero-order chi connectivity index (χ0) is 17.9. The van der Waals surface area contributed by atoms with Gasteiger partial charge in [0.25, 0.3) is 5.56 Å². The van der Waals surface area contributed by atoms with Crippen LogP contribution in [0.1, 0.15) is 32.8 Å². The summed E-state index contributed by atoms with van der Waals surface area (Å²) in [4.78, 5) is 48.1. The molecular weight excluding hydrogens is 316 g/mol. The second-order valence-electron chi connectivity index (χ2n) is 6.24. The topological polar surface area (TPSA) is 107 Å². The number of rotatable bonds is 7. The summed E-state index contributed by atoms with van der Waals surface area (Å²) >= 11 is 0. The van der Waals surface area contributed by atoms with Crippen LogP contribution >= 0.6 is 0 Å². The van der Waals surface area contributed by atoms with Crippen LogP contribution in [0.5, 0.6) is 0 Å². The third kappa shape index (κ3) is 4.12. The van der Waals surface area contributed by atoms with E-state index in [9.17, 15) is 19.2 Å². The Morgan fingerprint density at radius 2 is 1.96 bits per heavy atom. The van der Waals surface area contributed by atoms with Crippen molar-refractivity contribution in [2.75, 3.05) is 13.2 Å². The average molecular weight is 338 g/mol. The Morgan fingerprint density at radius 3 is 2.54 bits per heavy atom. The highest BCUT2D eigenvalue weighted by Crippen LogP contribution is 2.54. The van der Waals surface area contributed by atoms with Crippen molar-refractivity contribution in [2.45, 2.75) is 40.2 Å². The number of hydrogen-bond acceptors (Lipinski definition) is 6. The van der Waals surface area contributed by atoms with Crippen LogP contribution in [-0.2, 0) is 32.0 Å². The molecule has 1 saturated carbocycles. The molecule has 1 aromatic heterocycles. The van der Waals surface area contributed by atoms with Crippen molar-refractivity contribution in [1.29, 1.82) is 0 Å². The quantitative estimate of drug-likeness (QED) is 0.713. The fourth-order valence-corrected chi connectivity index (χ4v) is 2.81. The zero-order valence-electron chi connectivity index (χ0n) is 14.1. The highest BCUT2D eigenvalue weighted by Gasteiger charge is 2.56. The number of hydrogen-bond donors (Lipinski definition) is 1. The molecule has 2 atom stereocenters. The molecule has 1 fully saturated rings. The summed E-state index contributed by atoms with van der Waals surface area (Å²) in [6.45, 7) is 5.12. The third-order valence-corrected chi connectivity index (χ3v) is 4.36. The van der Waals surface area contributed by atoms with Crippen molar-refractivity contribution in [3.8, 4) is 0 Å². The molecule has 24 heavy (non-hydrogen) atoms. The molecule has 0 bridgehead atoms. The van der Waals surface area contributed by atoms with Crippen molar-refractivity contribution in [2.24, 2.45) is 11.3 Å². The van der Waals surface area contributed by atoms with Gasteiger partial charge in [0, 0.05) is 43.5 Å². The zero-order valence-corrected chi connectivity index (χ0v) is 14.1. The van der Waals surface area contributed by atoms with E-state index in [0.717, 1.165) is 0 Å². The van der Waals surface area contributed by atoms with Gasteiger partial charge in [0.15, 0.2) is 0 Å². The normalized spacial score (nSPS) is 22.0. The van der Waals surface area contributed by atoms with E-state index >= 15 is 0 Å². The molecule has 0 radical (unpaired) electrons. The monoisotopic (exact) mass is 338 g/mol. The molecule has 8 nitrogen and oxygen atoms in total. The molecular formula is C16H22N2O6. The van der Waals surface area contributed by atoms with Gasteiger partial charge in [-0.1, -0.05) is 6.92 Å².